The molecular weight excluding hydrogens is 296 g/mol. The van der Waals surface area contributed by atoms with E-state index in [1.165, 1.54) is 4.68 Å². The van der Waals surface area contributed by atoms with E-state index < -0.39 is 0 Å². The van der Waals surface area contributed by atoms with Gasteiger partial charge < -0.3 is 5.32 Å². The van der Waals surface area contributed by atoms with E-state index in [4.69, 9.17) is 0 Å². The van der Waals surface area contributed by atoms with Crippen molar-refractivity contribution in [1.29, 1.82) is 0 Å². The van der Waals surface area contributed by atoms with E-state index >= 15 is 0 Å². The van der Waals surface area contributed by atoms with Crippen LogP contribution in [-0.4, -0.2) is 32.3 Å². The fourth-order valence-electron chi connectivity index (χ4n) is 1.94. The van der Waals surface area contributed by atoms with E-state index in [1.807, 2.05) is 13.8 Å². The number of anilines is 1. The predicted octanol–water partition coefficient (Wildman–Crippen LogP) is 1.66. The Bertz CT molecular complexity index is 775. The van der Waals surface area contributed by atoms with Crippen LogP contribution in [0.4, 0.5) is 10.6 Å². The zero-order chi connectivity index (χ0) is 17.1. The molecule has 0 aliphatic carbocycles. The van der Waals surface area contributed by atoms with E-state index in [0.717, 1.165) is 0 Å². The number of H-pyrrole nitrogens is 1. The maximum Gasteiger partial charge on any atom is 0.320 e. The summed E-state index contributed by atoms with van der Waals surface area (Å²) >= 11 is 0. The minimum Gasteiger partial charge on any atom is -0.338 e. The lowest BCUT2D eigenvalue weighted by atomic mass is 10.2. The van der Waals surface area contributed by atoms with Gasteiger partial charge in [0.1, 0.15) is 5.82 Å². The van der Waals surface area contributed by atoms with Crippen LogP contribution in [-0.2, 0) is 0 Å². The van der Waals surface area contributed by atoms with E-state index in [0.29, 0.717) is 35.2 Å². The van der Waals surface area contributed by atoms with Gasteiger partial charge in [-0.05, 0) is 26.7 Å². The SMILES string of the molecule is Cc1cc(NC(=O)NCC(C)C)n(-c2nc(C)c(C)c(=O)[nH]2)n1. The number of nitrogens with one attached hydrogen (secondary N) is 3. The van der Waals surface area contributed by atoms with Crippen molar-refractivity contribution in [3.8, 4) is 5.95 Å². The molecule has 0 aliphatic heterocycles. The summed E-state index contributed by atoms with van der Waals surface area (Å²) < 4.78 is 1.41. The third-order valence-electron chi connectivity index (χ3n) is 3.33. The average Bonchev–Trinajstić information content (AvgIpc) is 2.82. The number of rotatable bonds is 4. The monoisotopic (exact) mass is 318 g/mol. The van der Waals surface area contributed by atoms with Gasteiger partial charge in [-0.2, -0.15) is 9.78 Å². The van der Waals surface area contributed by atoms with Crippen LogP contribution < -0.4 is 16.2 Å². The molecule has 3 N–H and O–H groups in total. The lowest BCUT2D eigenvalue weighted by molar-refractivity contribution is 0.250. The minimum absolute atomic E-state index is 0.226. The fourth-order valence-corrected chi connectivity index (χ4v) is 1.94. The molecule has 8 heteroatoms. The second kappa shape index (κ2) is 6.64. The first kappa shape index (κ1) is 16.7. The molecule has 0 radical (unpaired) electrons. The van der Waals surface area contributed by atoms with Crippen molar-refractivity contribution in [2.75, 3.05) is 11.9 Å². The van der Waals surface area contributed by atoms with Crippen LogP contribution in [0.3, 0.4) is 0 Å². The molecule has 0 aromatic carbocycles. The number of nitrogens with zero attached hydrogens (tertiary/aromatic N) is 3. The Morgan fingerprint density at radius 2 is 2.04 bits per heavy atom. The number of hydrogen-bond acceptors (Lipinski definition) is 4. The summed E-state index contributed by atoms with van der Waals surface area (Å²) in [6, 6.07) is 1.38. The third-order valence-corrected chi connectivity index (χ3v) is 3.33. The predicted molar refractivity (Wildman–Crippen MR) is 88.1 cm³/mol. The first-order chi connectivity index (χ1) is 10.8. The van der Waals surface area contributed by atoms with Crippen LogP contribution in [0.5, 0.6) is 0 Å². The van der Waals surface area contributed by atoms with Crippen LogP contribution in [0.2, 0.25) is 0 Å². The molecule has 8 nitrogen and oxygen atoms in total. The lowest BCUT2D eigenvalue weighted by Crippen LogP contribution is -2.32. The zero-order valence-electron chi connectivity index (χ0n) is 14.0. The van der Waals surface area contributed by atoms with Crippen molar-refractivity contribution in [3.05, 3.63) is 33.4 Å². The summed E-state index contributed by atoms with van der Waals surface area (Å²) in [5, 5.41) is 9.78. The van der Waals surface area contributed by atoms with Gasteiger partial charge in [0.05, 0.1) is 5.69 Å². The molecule has 2 aromatic rings. The molecule has 0 atom stereocenters. The Kier molecular flexibility index (Phi) is 4.83. The molecule has 0 saturated carbocycles. The van der Waals surface area contributed by atoms with Gasteiger partial charge in [0.25, 0.3) is 5.56 Å². The Balaban J connectivity index is 2.31. The van der Waals surface area contributed by atoms with Crippen molar-refractivity contribution >= 4 is 11.8 Å². The van der Waals surface area contributed by atoms with Crippen LogP contribution in [0, 0.1) is 26.7 Å². The fraction of sp³-hybridized carbons (Fsp3) is 0.467. The van der Waals surface area contributed by atoms with E-state index in [1.54, 1.807) is 26.8 Å². The highest BCUT2D eigenvalue weighted by molar-refractivity contribution is 5.88. The number of urea groups is 1. The number of aryl methyl sites for hydroxylation is 2. The van der Waals surface area contributed by atoms with Gasteiger partial charge in [-0.1, -0.05) is 13.8 Å². The van der Waals surface area contributed by atoms with Gasteiger partial charge >= 0.3 is 6.03 Å². The number of aromatic amines is 1. The molecule has 2 aromatic heterocycles. The van der Waals surface area contributed by atoms with E-state index in [-0.39, 0.29) is 17.5 Å². The lowest BCUT2D eigenvalue weighted by Gasteiger charge is -2.11. The molecule has 0 fully saturated rings. The Labute approximate surface area is 134 Å². The minimum atomic E-state index is -0.328. The molecule has 2 heterocycles. The number of hydrogen-bond donors (Lipinski definition) is 3. The second-order valence-corrected chi connectivity index (χ2v) is 5.91. The van der Waals surface area contributed by atoms with Crippen molar-refractivity contribution in [2.24, 2.45) is 5.92 Å². The van der Waals surface area contributed by atoms with Crippen LogP contribution in [0.15, 0.2) is 10.9 Å². The van der Waals surface area contributed by atoms with Crippen molar-refractivity contribution < 1.29 is 4.79 Å². The standard InChI is InChI=1S/C15H22N6O2/c1-8(2)7-16-15(23)18-12-6-9(3)20-21(12)14-17-11(5)10(4)13(22)19-14/h6,8H,7H2,1-5H3,(H2,16,18,23)(H,17,19,22). The number of carbonyl (C=O) groups is 1. The molecule has 0 aliphatic rings. The van der Waals surface area contributed by atoms with Gasteiger partial charge in [0.2, 0.25) is 5.95 Å². The van der Waals surface area contributed by atoms with E-state index in [9.17, 15) is 9.59 Å². The normalized spacial score (nSPS) is 10.9. The highest BCUT2D eigenvalue weighted by atomic mass is 16.2. The molecule has 23 heavy (non-hydrogen) atoms. The van der Waals surface area contributed by atoms with Crippen molar-refractivity contribution in [1.82, 2.24) is 25.1 Å². The molecule has 0 spiro atoms. The molecule has 0 bridgehead atoms. The topological polar surface area (TPSA) is 105 Å². The van der Waals surface area contributed by atoms with Crippen LogP contribution in [0.1, 0.15) is 30.8 Å². The zero-order valence-corrected chi connectivity index (χ0v) is 14.0. The Morgan fingerprint density at radius 1 is 1.35 bits per heavy atom. The quantitative estimate of drug-likeness (QED) is 0.797. The van der Waals surface area contributed by atoms with Gasteiger partial charge in [-0.25, -0.2) is 9.78 Å². The maximum atomic E-state index is 11.9. The number of amides is 2. The van der Waals surface area contributed by atoms with Crippen molar-refractivity contribution in [3.63, 3.8) is 0 Å². The summed E-state index contributed by atoms with van der Waals surface area (Å²) in [5.41, 5.74) is 1.65. The molecule has 0 saturated heterocycles. The summed E-state index contributed by atoms with van der Waals surface area (Å²) in [4.78, 5) is 30.9. The number of aromatic nitrogens is 4. The van der Waals surface area contributed by atoms with Crippen molar-refractivity contribution in [2.45, 2.75) is 34.6 Å². The summed E-state index contributed by atoms with van der Waals surface area (Å²) in [6.07, 6.45) is 0. The Hall–Kier alpha value is -2.64. The Morgan fingerprint density at radius 3 is 2.65 bits per heavy atom. The smallest absolute Gasteiger partial charge is 0.320 e. The van der Waals surface area contributed by atoms with Crippen LogP contribution >= 0.6 is 0 Å². The first-order valence-corrected chi connectivity index (χ1v) is 7.47. The molecule has 0 unspecified atom stereocenters. The number of carbonyl (C=O) groups excluding carboxylic acids is 1. The van der Waals surface area contributed by atoms with Gasteiger partial charge in [-0.3, -0.25) is 15.1 Å². The molecule has 2 rings (SSSR count). The largest absolute Gasteiger partial charge is 0.338 e. The van der Waals surface area contributed by atoms with Gasteiger partial charge in [-0.15, -0.1) is 0 Å². The first-order valence-electron chi connectivity index (χ1n) is 7.47. The molecule has 124 valence electrons. The van der Waals surface area contributed by atoms with Crippen LogP contribution in [0.25, 0.3) is 5.95 Å². The third kappa shape index (κ3) is 3.97. The average molecular weight is 318 g/mol. The summed E-state index contributed by atoms with van der Waals surface area (Å²) in [7, 11) is 0. The summed E-state index contributed by atoms with van der Waals surface area (Å²) in [5.74, 6) is 1.06. The molecular formula is C15H22N6O2. The summed E-state index contributed by atoms with van der Waals surface area (Å²) in [6.45, 7) is 9.85. The highest BCUT2D eigenvalue weighted by Crippen LogP contribution is 2.14. The second-order valence-electron chi connectivity index (χ2n) is 5.91. The highest BCUT2D eigenvalue weighted by Gasteiger charge is 2.14. The maximum absolute atomic E-state index is 11.9. The van der Waals surface area contributed by atoms with Gasteiger partial charge in [0.15, 0.2) is 0 Å². The van der Waals surface area contributed by atoms with Gasteiger partial charge in [0, 0.05) is 23.9 Å². The van der Waals surface area contributed by atoms with E-state index in [2.05, 4.69) is 25.7 Å². The molecule has 2 amide bonds.